The zero-order chi connectivity index (χ0) is 19.5. The molecular formula is C26H30N2O. The first kappa shape index (κ1) is 17.6. The van der Waals surface area contributed by atoms with E-state index in [4.69, 9.17) is 0 Å². The van der Waals surface area contributed by atoms with Crippen LogP contribution >= 0.6 is 0 Å². The van der Waals surface area contributed by atoms with Crippen molar-refractivity contribution in [3.8, 4) is 0 Å². The number of amides is 1. The molecule has 0 spiro atoms. The van der Waals surface area contributed by atoms with Crippen molar-refractivity contribution in [2.45, 2.75) is 57.3 Å². The molecule has 0 unspecified atom stereocenters. The van der Waals surface area contributed by atoms with Crippen molar-refractivity contribution in [1.82, 2.24) is 0 Å². The van der Waals surface area contributed by atoms with Gasteiger partial charge in [0.1, 0.15) is 0 Å². The van der Waals surface area contributed by atoms with Crippen molar-refractivity contribution >= 4 is 17.3 Å². The zero-order valence-electron chi connectivity index (χ0n) is 17.3. The number of aryl methyl sites for hydroxylation is 1. The molecular weight excluding hydrogens is 356 g/mol. The van der Waals surface area contributed by atoms with Gasteiger partial charge in [-0.25, -0.2) is 0 Å². The molecule has 2 aromatic carbocycles. The molecule has 0 saturated heterocycles. The quantitative estimate of drug-likeness (QED) is 0.702. The predicted molar refractivity (Wildman–Crippen MR) is 118 cm³/mol. The maximum Gasteiger partial charge on any atom is 0.255 e. The maximum absolute atomic E-state index is 13.0. The topological polar surface area (TPSA) is 32.3 Å². The van der Waals surface area contributed by atoms with E-state index in [1.165, 1.54) is 62.7 Å². The molecule has 3 nitrogen and oxygen atoms in total. The van der Waals surface area contributed by atoms with Crippen LogP contribution in [0, 0.1) is 18.8 Å². The van der Waals surface area contributed by atoms with Gasteiger partial charge in [-0.05, 0) is 91.2 Å². The largest absolute Gasteiger partial charge is 0.370 e. The van der Waals surface area contributed by atoms with Crippen LogP contribution in [0.15, 0.2) is 36.4 Å². The summed E-state index contributed by atoms with van der Waals surface area (Å²) in [6, 6.07) is 12.5. The summed E-state index contributed by atoms with van der Waals surface area (Å²) < 4.78 is 0. The standard InChI is InChI=1S/C26H30N2O/c1-16-6-2-3-9-20(16)26(29)27-19-12-23-21-10-4-7-17(21)14-28-15-18-8-5-11-22(18)24(13-19)25(23)28/h2-3,6,9,12-13,17-18,21-22H,4-5,7-8,10-11,14-15H2,1H3,(H,27,29)/t17-,18-,21-,22+/m1/s1. The number of anilines is 2. The highest BCUT2D eigenvalue weighted by atomic mass is 16.1. The number of carbonyl (C=O) groups excluding carboxylic acids is 1. The minimum absolute atomic E-state index is 0.0182. The fourth-order valence-corrected chi connectivity index (χ4v) is 6.86. The van der Waals surface area contributed by atoms with E-state index in [1.807, 2.05) is 31.2 Å². The number of rotatable bonds is 2. The summed E-state index contributed by atoms with van der Waals surface area (Å²) in [7, 11) is 0. The van der Waals surface area contributed by atoms with Gasteiger partial charge in [-0.2, -0.15) is 0 Å². The average molecular weight is 387 g/mol. The van der Waals surface area contributed by atoms with Gasteiger partial charge in [0.15, 0.2) is 0 Å². The van der Waals surface area contributed by atoms with E-state index in [0.29, 0.717) is 11.8 Å². The molecule has 1 amide bonds. The Morgan fingerprint density at radius 1 is 0.931 bits per heavy atom. The molecule has 0 aromatic heterocycles. The monoisotopic (exact) mass is 386 g/mol. The second-order valence-electron chi connectivity index (χ2n) is 9.77. The van der Waals surface area contributed by atoms with E-state index in [2.05, 4.69) is 22.3 Å². The van der Waals surface area contributed by atoms with Crippen LogP contribution in [-0.2, 0) is 0 Å². The number of fused-ring (bicyclic) bond motifs is 4. The van der Waals surface area contributed by atoms with Crippen LogP contribution in [0.1, 0.15) is 77.4 Å². The number of nitrogens with one attached hydrogen (secondary N) is 1. The minimum atomic E-state index is 0.0182. The number of carbonyl (C=O) groups is 1. The van der Waals surface area contributed by atoms with Crippen molar-refractivity contribution in [3.05, 3.63) is 58.7 Å². The first-order valence-electron chi connectivity index (χ1n) is 11.5. The SMILES string of the molecule is Cc1ccccc1C(=O)Nc1cc2c3c(c1)[C@@H]1CCC[C@@H]1CN3C[C@H]1CCC[C@H]21. The van der Waals surface area contributed by atoms with Gasteiger partial charge in [-0.1, -0.05) is 31.0 Å². The molecule has 29 heavy (non-hydrogen) atoms. The molecule has 0 bridgehead atoms. The van der Waals surface area contributed by atoms with Crippen LogP contribution in [0.4, 0.5) is 11.4 Å². The first-order valence-corrected chi connectivity index (χ1v) is 11.5. The Morgan fingerprint density at radius 2 is 1.55 bits per heavy atom. The van der Waals surface area contributed by atoms with Crippen LogP contribution in [0.3, 0.4) is 0 Å². The molecule has 2 aromatic rings. The third kappa shape index (κ3) is 2.73. The third-order valence-electron chi connectivity index (χ3n) is 8.16. The molecule has 2 heterocycles. The second-order valence-corrected chi connectivity index (χ2v) is 9.77. The van der Waals surface area contributed by atoms with Gasteiger partial charge in [-0.3, -0.25) is 4.79 Å². The van der Waals surface area contributed by atoms with E-state index >= 15 is 0 Å². The van der Waals surface area contributed by atoms with Crippen LogP contribution in [0.2, 0.25) is 0 Å². The van der Waals surface area contributed by atoms with Crippen molar-refractivity contribution in [2.24, 2.45) is 11.8 Å². The molecule has 3 heteroatoms. The Bertz CT molecular complexity index is 935. The molecule has 4 aliphatic rings. The zero-order valence-corrected chi connectivity index (χ0v) is 17.3. The van der Waals surface area contributed by atoms with Crippen LogP contribution < -0.4 is 10.2 Å². The summed E-state index contributed by atoms with van der Waals surface area (Å²) in [6.07, 6.45) is 8.06. The fraction of sp³-hybridized carbons (Fsp3) is 0.500. The Hall–Kier alpha value is -2.29. The first-order chi connectivity index (χ1) is 14.2. The second kappa shape index (κ2) is 6.62. The Kier molecular flexibility index (Phi) is 4.01. The fourth-order valence-electron chi connectivity index (χ4n) is 6.86. The highest BCUT2D eigenvalue weighted by molar-refractivity contribution is 6.05. The molecule has 6 rings (SSSR count). The summed E-state index contributed by atoms with van der Waals surface area (Å²) in [5.41, 5.74) is 7.42. The highest BCUT2D eigenvalue weighted by Crippen LogP contribution is 2.56. The van der Waals surface area contributed by atoms with E-state index in [1.54, 1.807) is 5.69 Å². The molecule has 150 valence electrons. The predicted octanol–water partition coefficient (Wildman–Crippen LogP) is 5.85. The molecule has 2 fully saturated rings. The molecule has 4 atom stereocenters. The van der Waals surface area contributed by atoms with Crippen molar-refractivity contribution in [1.29, 1.82) is 0 Å². The molecule has 2 aliphatic carbocycles. The van der Waals surface area contributed by atoms with Gasteiger partial charge >= 0.3 is 0 Å². The third-order valence-corrected chi connectivity index (χ3v) is 8.16. The van der Waals surface area contributed by atoms with Crippen molar-refractivity contribution < 1.29 is 4.79 Å². The van der Waals surface area contributed by atoms with E-state index < -0.39 is 0 Å². The summed E-state index contributed by atoms with van der Waals surface area (Å²) in [4.78, 5) is 15.7. The lowest BCUT2D eigenvalue weighted by Crippen LogP contribution is -2.43. The molecule has 1 N–H and O–H groups in total. The van der Waals surface area contributed by atoms with Gasteiger partial charge in [0.05, 0.1) is 0 Å². The van der Waals surface area contributed by atoms with Gasteiger partial charge in [-0.15, -0.1) is 0 Å². The van der Waals surface area contributed by atoms with Crippen LogP contribution in [0.5, 0.6) is 0 Å². The maximum atomic E-state index is 13.0. The van der Waals surface area contributed by atoms with E-state index in [9.17, 15) is 4.79 Å². The van der Waals surface area contributed by atoms with Crippen LogP contribution in [-0.4, -0.2) is 19.0 Å². The molecule has 2 aliphatic heterocycles. The number of hydrogen-bond acceptors (Lipinski definition) is 2. The van der Waals surface area contributed by atoms with E-state index in [0.717, 1.165) is 28.7 Å². The lowest BCUT2D eigenvalue weighted by molar-refractivity contribution is 0.102. The van der Waals surface area contributed by atoms with Crippen molar-refractivity contribution in [2.75, 3.05) is 23.3 Å². The summed E-state index contributed by atoms with van der Waals surface area (Å²) in [6.45, 7) is 4.52. The minimum Gasteiger partial charge on any atom is -0.370 e. The lowest BCUT2D eigenvalue weighted by Gasteiger charge is -2.46. The van der Waals surface area contributed by atoms with Gasteiger partial charge in [0.25, 0.3) is 5.91 Å². The lowest BCUT2D eigenvalue weighted by atomic mass is 9.75. The number of nitrogens with zero attached hydrogens (tertiary/aromatic N) is 1. The summed E-state index contributed by atoms with van der Waals surface area (Å²) in [5, 5.41) is 3.27. The Morgan fingerprint density at radius 3 is 2.17 bits per heavy atom. The van der Waals surface area contributed by atoms with Gasteiger partial charge < -0.3 is 10.2 Å². The molecule has 2 saturated carbocycles. The van der Waals surface area contributed by atoms with Crippen molar-refractivity contribution in [3.63, 3.8) is 0 Å². The Labute approximate surface area is 173 Å². The van der Waals surface area contributed by atoms with Gasteiger partial charge in [0.2, 0.25) is 0 Å². The Balaban J connectivity index is 1.43. The highest BCUT2D eigenvalue weighted by Gasteiger charge is 2.44. The average Bonchev–Trinajstić information content (AvgIpc) is 3.37. The van der Waals surface area contributed by atoms with Crippen LogP contribution in [0.25, 0.3) is 0 Å². The number of benzene rings is 2. The molecule has 0 radical (unpaired) electrons. The van der Waals surface area contributed by atoms with E-state index in [-0.39, 0.29) is 5.91 Å². The normalized spacial score (nSPS) is 29.2. The summed E-state index contributed by atoms with van der Waals surface area (Å²) >= 11 is 0. The van der Waals surface area contributed by atoms with Gasteiger partial charge in [0, 0.05) is 30.0 Å². The number of hydrogen-bond donors (Lipinski definition) is 1. The summed E-state index contributed by atoms with van der Waals surface area (Å²) in [5.74, 6) is 3.00. The smallest absolute Gasteiger partial charge is 0.255 e.